The van der Waals surface area contributed by atoms with Crippen LogP contribution in [0.15, 0.2) is 41.3 Å². The summed E-state index contributed by atoms with van der Waals surface area (Å²) in [5.41, 5.74) is 5.14. The minimum atomic E-state index is -0.455. The molecule has 0 aliphatic carbocycles. The predicted molar refractivity (Wildman–Crippen MR) is 108 cm³/mol. The van der Waals surface area contributed by atoms with E-state index in [4.69, 9.17) is 18.9 Å². The summed E-state index contributed by atoms with van der Waals surface area (Å²) in [6.07, 6.45) is 0. The first-order valence-corrected chi connectivity index (χ1v) is 10.0. The van der Waals surface area contributed by atoms with Crippen LogP contribution in [-0.2, 0) is 4.79 Å². The molecule has 0 radical (unpaired) electrons. The first kappa shape index (κ1) is 20.7. The summed E-state index contributed by atoms with van der Waals surface area (Å²) in [5, 5.41) is 0. The smallest absolute Gasteiger partial charge is 0.269 e. The molecule has 1 aliphatic rings. The van der Waals surface area contributed by atoms with E-state index in [0.717, 1.165) is 4.90 Å². The topological polar surface area (TPSA) is 95.1 Å². The van der Waals surface area contributed by atoms with E-state index >= 15 is 0 Å². The Balaban J connectivity index is 1.49. The molecule has 2 aromatic carbocycles. The number of fused-ring (bicyclic) bond motifs is 1. The number of amides is 2. The second kappa shape index (κ2) is 9.92. The summed E-state index contributed by atoms with van der Waals surface area (Å²) in [6.45, 7) is 3.38. The second-order valence-corrected chi connectivity index (χ2v) is 6.94. The first-order valence-electron chi connectivity index (χ1n) is 9.03. The van der Waals surface area contributed by atoms with Crippen LogP contribution in [0.3, 0.4) is 0 Å². The summed E-state index contributed by atoms with van der Waals surface area (Å²) in [6, 6.07) is 10.3. The van der Waals surface area contributed by atoms with Gasteiger partial charge in [-0.15, -0.1) is 11.8 Å². The molecule has 8 nitrogen and oxygen atoms in total. The van der Waals surface area contributed by atoms with Crippen molar-refractivity contribution in [2.24, 2.45) is 0 Å². The van der Waals surface area contributed by atoms with E-state index in [2.05, 4.69) is 10.9 Å². The molecule has 0 saturated heterocycles. The average molecular weight is 418 g/mol. The lowest BCUT2D eigenvalue weighted by Gasteiger charge is -2.18. The molecule has 2 amide bonds. The lowest BCUT2D eigenvalue weighted by molar-refractivity contribution is -0.119. The van der Waals surface area contributed by atoms with Gasteiger partial charge in [-0.25, -0.2) is 0 Å². The van der Waals surface area contributed by atoms with E-state index in [9.17, 15) is 9.59 Å². The molecule has 0 saturated carbocycles. The SMILES string of the molecule is CCOc1ccc(C(=O)NNC(=O)CSc2ccc3c(c2)OCCO3)cc1OC. The lowest BCUT2D eigenvalue weighted by Crippen LogP contribution is -2.42. The number of benzene rings is 2. The third kappa shape index (κ3) is 5.47. The maximum Gasteiger partial charge on any atom is 0.269 e. The Morgan fingerprint density at radius 3 is 2.59 bits per heavy atom. The van der Waals surface area contributed by atoms with Crippen molar-refractivity contribution in [2.45, 2.75) is 11.8 Å². The normalized spacial score (nSPS) is 12.1. The standard InChI is InChI=1S/C20H22N2O6S/c1-3-26-15-6-4-13(10-17(15)25-2)20(24)22-21-19(23)12-29-14-5-7-16-18(11-14)28-9-8-27-16/h4-7,10-11H,3,8-9,12H2,1-2H3,(H,21,23)(H,22,24). The van der Waals surface area contributed by atoms with Crippen LogP contribution < -0.4 is 29.8 Å². The van der Waals surface area contributed by atoms with Gasteiger partial charge in [0.05, 0.1) is 19.5 Å². The van der Waals surface area contributed by atoms with Crippen molar-refractivity contribution >= 4 is 23.6 Å². The molecule has 1 aliphatic heterocycles. The van der Waals surface area contributed by atoms with Gasteiger partial charge in [0, 0.05) is 10.5 Å². The maximum atomic E-state index is 12.3. The number of carbonyl (C=O) groups is 2. The van der Waals surface area contributed by atoms with Gasteiger partial charge in [0.15, 0.2) is 23.0 Å². The zero-order chi connectivity index (χ0) is 20.6. The minimum absolute atomic E-state index is 0.131. The van der Waals surface area contributed by atoms with Crippen LogP contribution in [0, 0.1) is 0 Å². The number of hydrogen-bond donors (Lipinski definition) is 2. The van der Waals surface area contributed by atoms with Crippen LogP contribution in [0.25, 0.3) is 0 Å². The largest absolute Gasteiger partial charge is 0.493 e. The number of carbonyl (C=O) groups excluding carboxylic acids is 2. The summed E-state index contributed by atoms with van der Waals surface area (Å²) >= 11 is 1.33. The molecule has 2 N–H and O–H groups in total. The van der Waals surface area contributed by atoms with Crippen LogP contribution in [-0.4, -0.2) is 44.5 Å². The summed E-state index contributed by atoms with van der Waals surface area (Å²) in [7, 11) is 1.50. The number of hydrogen-bond acceptors (Lipinski definition) is 7. The van der Waals surface area contributed by atoms with Gasteiger partial charge in [-0.2, -0.15) is 0 Å². The first-order chi connectivity index (χ1) is 14.1. The van der Waals surface area contributed by atoms with Gasteiger partial charge in [-0.3, -0.25) is 20.4 Å². The molecule has 154 valence electrons. The molecular weight excluding hydrogens is 396 g/mol. The quantitative estimate of drug-likeness (QED) is 0.527. The molecule has 0 bridgehead atoms. The summed E-state index contributed by atoms with van der Waals surface area (Å²) in [5.74, 6) is 1.70. The van der Waals surface area contributed by atoms with Crippen molar-refractivity contribution in [3.05, 3.63) is 42.0 Å². The second-order valence-electron chi connectivity index (χ2n) is 5.90. The van der Waals surface area contributed by atoms with Gasteiger partial charge < -0.3 is 18.9 Å². The maximum absolute atomic E-state index is 12.3. The number of ether oxygens (including phenoxy) is 4. The van der Waals surface area contributed by atoms with E-state index in [-0.39, 0.29) is 11.7 Å². The molecule has 3 rings (SSSR count). The number of hydrazine groups is 1. The molecule has 0 atom stereocenters. The summed E-state index contributed by atoms with van der Waals surface area (Å²) < 4.78 is 21.6. The number of methoxy groups -OCH3 is 1. The van der Waals surface area contributed by atoms with E-state index in [1.807, 2.05) is 25.1 Å². The molecule has 29 heavy (non-hydrogen) atoms. The van der Waals surface area contributed by atoms with Gasteiger partial charge in [0.25, 0.3) is 5.91 Å². The fraction of sp³-hybridized carbons (Fsp3) is 0.300. The van der Waals surface area contributed by atoms with Crippen LogP contribution in [0.1, 0.15) is 17.3 Å². The zero-order valence-corrected chi connectivity index (χ0v) is 17.0. The minimum Gasteiger partial charge on any atom is -0.493 e. The number of thioether (sulfide) groups is 1. The van der Waals surface area contributed by atoms with Crippen molar-refractivity contribution in [3.8, 4) is 23.0 Å². The Morgan fingerprint density at radius 1 is 1.03 bits per heavy atom. The number of nitrogens with one attached hydrogen (secondary N) is 2. The highest BCUT2D eigenvalue weighted by molar-refractivity contribution is 8.00. The van der Waals surface area contributed by atoms with Gasteiger partial charge in [-0.1, -0.05) is 0 Å². The molecular formula is C20H22N2O6S. The van der Waals surface area contributed by atoms with E-state index < -0.39 is 5.91 Å². The van der Waals surface area contributed by atoms with Crippen molar-refractivity contribution < 1.29 is 28.5 Å². The van der Waals surface area contributed by atoms with Crippen LogP contribution >= 0.6 is 11.8 Å². The Labute approximate surface area is 172 Å². The fourth-order valence-corrected chi connectivity index (χ4v) is 3.31. The molecule has 0 fully saturated rings. The summed E-state index contributed by atoms with van der Waals surface area (Å²) in [4.78, 5) is 25.2. The fourth-order valence-electron chi connectivity index (χ4n) is 2.58. The van der Waals surface area contributed by atoms with E-state index in [1.165, 1.54) is 18.9 Å². The van der Waals surface area contributed by atoms with E-state index in [1.54, 1.807) is 18.2 Å². The third-order valence-electron chi connectivity index (χ3n) is 3.92. The van der Waals surface area contributed by atoms with Gasteiger partial charge in [-0.05, 0) is 43.3 Å². The van der Waals surface area contributed by atoms with Crippen LogP contribution in [0.4, 0.5) is 0 Å². The highest BCUT2D eigenvalue weighted by Crippen LogP contribution is 2.34. The molecule has 2 aromatic rings. The Kier molecular flexibility index (Phi) is 7.07. The Morgan fingerprint density at radius 2 is 1.83 bits per heavy atom. The Hall–Kier alpha value is -3.07. The monoisotopic (exact) mass is 418 g/mol. The zero-order valence-electron chi connectivity index (χ0n) is 16.2. The van der Waals surface area contributed by atoms with E-state index in [0.29, 0.717) is 48.4 Å². The highest BCUT2D eigenvalue weighted by Gasteiger charge is 2.14. The molecule has 0 unspecified atom stereocenters. The average Bonchev–Trinajstić information content (AvgIpc) is 2.76. The molecule has 1 heterocycles. The van der Waals surface area contributed by atoms with Crippen molar-refractivity contribution in [2.75, 3.05) is 32.7 Å². The van der Waals surface area contributed by atoms with Gasteiger partial charge >= 0.3 is 0 Å². The van der Waals surface area contributed by atoms with Crippen molar-refractivity contribution in [1.82, 2.24) is 10.9 Å². The van der Waals surface area contributed by atoms with Crippen molar-refractivity contribution in [1.29, 1.82) is 0 Å². The third-order valence-corrected chi connectivity index (χ3v) is 4.92. The van der Waals surface area contributed by atoms with Gasteiger partial charge in [0.1, 0.15) is 13.2 Å². The Bertz CT molecular complexity index is 889. The molecule has 0 aromatic heterocycles. The van der Waals surface area contributed by atoms with Gasteiger partial charge in [0.2, 0.25) is 5.91 Å². The van der Waals surface area contributed by atoms with Crippen molar-refractivity contribution in [3.63, 3.8) is 0 Å². The highest BCUT2D eigenvalue weighted by atomic mass is 32.2. The lowest BCUT2D eigenvalue weighted by atomic mass is 10.2. The van der Waals surface area contributed by atoms with Crippen LogP contribution in [0.2, 0.25) is 0 Å². The van der Waals surface area contributed by atoms with Crippen LogP contribution in [0.5, 0.6) is 23.0 Å². The molecule has 9 heteroatoms. The number of rotatable bonds is 7. The predicted octanol–water partition coefficient (Wildman–Crippen LogP) is 2.42. The molecule has 0 spiro atoms.